The summed E-state index contributed by atoms with van der Waals surface area (Å²) >= 11 is 0. The van der Waals surface area contributed by atoms with E-state index in [-0.39, 0.29) is 0 Å². The van der Waals surface area contributed by atoms with Crippen LogP contribution in [0.25, 0.3) is 0 Å². The largest absolute Gasteiger partial charge is 0.416 e. The molecule has 0 amide bonds. The summed E-state index contributed by atoms with van der Waals surface area (Å²) < 4.78 is 37.2. The first-order chi connectivity index (χ1) is 6.89. The quantitative estimate of drug-likeness (QED) is 0.696. The molecular weight excluding hydrogens is 207 g/mol. The zero-order chi connectivity index (χ0) is 11.2. The van der Waals surface area contributed by atoms with Gasteiger partial charge in [0, 0.05) is 7.05 Å². The highest BCUT2D eigenvalue weighted by molar-refractivity contribution is 5.76. The molecule has 1 aromatic rings. The highest BCUT2D eigenvalue weighted by atomic mass is 19.4. The van der Waals surface area contributed by atoms with Crippen molar-refractivity contribution in [2.45, 2.75) is 12.5 Å². The number of benzene rings is 1. The van der Waals surface area contributed by atoms with Crippen molar-refractivity contribution >= 4 is 11.4 Å². The highest BCUT2D eigenvalue weighted by Gasteiger charge is 2.33. The molecule has 1 atom stereocenters. The summed E-state index contributed by atoms with van der Waals surface area (Å²) in [6.45, 7) is 0. The molecule has 0 saturated heterocycles. The van der Waals surface area contributed by atoms with Crippen LogP contribution in [0.3, 0.4) is 0 Å². The summed E-state index contributed by atoms with van der Waals surface area (Å²) in [7, 11) is 1.64. The molecular formula is C9H10F3N3. The van der Waals surface area contributed by atoms with Gasteiger partial charge in [0.15, 0.2) is 6.29 Å². The third-order valence-electron chi connectivity index (χ3n) is 2.43. The molecule has 6 heteroatoms. The van der Waals surface area contributed by atoms with Crippen LogP contribution in [-0.4, -0.2) is 13.3 Å². The molecule has 1 aliphatic heterocycles. The SMILES string of the molecule is CN1c2cc(C(F)(F)F)ccc2NC1N. The van der Waals surface area contributed by atoms with Gasteiger partial charge in [0.25, 0.3) is 0 Å². The molecule has 15 heavy (non-hydrogen) atoms. The van der Waals surface area contributed by atoms with Crippen molar-refractivity contribution in [2.75, 3.05) is 17.3 Å². The minimum atomic E-state index is -4.32. The summed E-state index contributed by atoms with van der Waals surface area (Å²) in [5, 5.41) is 2.86. The van der Waals surface area contributed by atoms with Crippen LogP contribution in [0.4, 0.5) is 24.5 Å². The Morgan fingerprint density at radius 2 is 2.07 bits per heavy atom. The van der Waals surface area contributed by atoms with Crippen molar-refractivity contribution in [1.82, 2.24) is 0 Å². The normalized spacial score (nSPS) is 20.1. The standard InChI is InChI=1S/C9H10F3N3/c1-15-7-4-5(9(10,11)12)2-3-6(7)14-8(15)13/h2-4,8,14H,13H2,1H3. The molecule has 0 radical (unpaired) electrons. The third-order valence-corrected chi connectivity index (χ3v) is 2.43. The molecule has 2 rings (SSSR count). The van der Waals surface area contributed by atoms with E-state index in [0.29, 0.717) is 11.4 Å². The number of hydrogen-bond donors (Lipinski definition) is 2. The number of anilines is 2. The van der Waals surface area contributed by atoms with Crippen molar-refractivity contribution < 1.29 is 13.2 Å². The molecule has 3 N–H and O–H groups in total. The van der Waals surface area contributed by atoms with Crippen LogP contribution in [0.5, 0.6) is 0 Å². The molecule has 0 bridgehead atoms. The van der Waals surface area contributed by atoms with Crippen LogP contribution >= 0.6 is 0 Å². The van der Waals surface area contributed by atoms with E-state index in [0.717, 1.165) is 12.1 Å². The Bertz CT molecular complexity index is 389. The Balaban J connectivity index is 2.44. The fraction of sp³-hybridized carbons (Fsp3) is 0.333. The van der Waals surface area contributed by atoms with Crippen LogP contribution in [0, 0.1) is 0 Å². The molecule has 1 heterocycles. The molecule has 82 valence electrons. The Labute approximate surface area is 84.7 Å². The van der Waals surface area contributed by atoms with Crippen molar-refractivity contribution in [3.63, 3.8) is 0 Å². The van der Waals surface area contributed by atoms with E-state index in [1.165, 1.54) is 6.07 Å². The molecule has 0 aromatic heterocycles. The molecule has 0 saturated carbocycles. The molecule has 1 unspecified atom stereocenters. The first-order valence-corrected chi connectivity index (χ1v) is 4.36. The highest BCUT2D eigenvalue weighted by Crippen LogP contribution is 2.38. The van der Waals surface area contributed by atoms with Crippen molar-refractivity contribution in [3.8, 4) is 0 Å². The number of nitrogens with one attached hydrogen (secondary N) is 1. The number of alkyl halides is 3. The average molecular weight is 217 g/mol. The van der Waals surface area contributed by atoms with Gasteiger partial charge >= 0.3 is 6.18 Å². The Morgan fingerprint density at radius 1 is 1.40 bits per heavy atom. The number of rotatable bonds is 0. The van der Waals surface area contributed by atoms with E-state index in [4.69, 9.17) is 5.73 Å². The minimum absolute atomic E-state index is 0.469. The van der Waals surface area contributed by atoms with Gasteiger partial charge in [0.2, 0.25) is 0 Å². The third kappa shape index (κ3) is 1.61. The molecule has 0 spiro atoms. The number of nitrogens with zero attached hydrogens (tertiary/aromatic N) is 1. The van der Waals surface area contributed by atoms with Crippen LogP contribution in [0.15, 0.2) is 18.2 Å². The smallest absolute Gasteiger partial charge is 0.351 e. The second-order valence-electron chi connectivity index (χ2n) is 3.43. The van der Waals surface area contributed by atoms with E-state index in [1.807, 2.05) is 0 Å². The first kappa shape index (κ1) is 10.1. The van der Waals surface area contributed by atoms with Gasteiger partial charge in [-0.05, 0) is 18.2 Å². The molecule has 1 aromatic carbocycles. The number of nitrogens with two attached hydrogens (primary N) is 1. The summed E-state index contributed by atoms with van der Waals surface area (Å²) in [6.07, 6.45) is -4.79. The fourth-order valence-corrected chi connectivity index (χ4v) is 1.53. The Kier molecular flexibility index (Phi) is 2.04. The molecule has 0 aliphatic carbocycles. The van der Waals surface area contributed by atoms with E-state index >= 15 is 0 Å². The summed E-state index contributed by atoms with van der Waals surface area (Å²) in [6, 6.07) is 3.52. The van der Waals surface area contributed by atoms with Gasteiger partial charge in [0.1, 0.15) is 0 Å². The van der Waals surface area contributed by atoms with Crippen molar-refractivity contribution in [3.05, 3.63) is 23.8 Å². The summed E-state index contributed by atoms with van der Waals surface area (Å²) in [5.74, 6) is 0. The predicted molar refractivity (Wildman–Crippen MR) is 51.4 cm³/mol. The summed E-state index contributed by atoms with van der Waals surface area (Å²) in [5.41, 5.74) is 6.05. The Morgan fingerprint density at radius 3 is 2.67 bits per heavy atom. The van der Waals surface area contributed by atoms with Crippen LogP contribution in [-0.2, 0) is 6.18 Å². The van der Waals surface area contributed by atoms with E-state index in [2.05, 4.69) is 5.32 Å². The van der Waals surface area contributed by atoms with Crippen LogP contribution in [0.1, 0.15) is 5.56 Å². The molecule has 3 nitrogen and oxygen atoms in total. The zero-order valence-corrected chi connectivity index (χ0v) is 7.97. The van der Waals surface area contributed by atoms with Gasteiger partial charge in [-0.15, -0.1) is 0 Å². The lowest BCUT2D eigenvalue weighted by Crippen LogP contribution is -2.40. The van der Waals surface area contributed by atoms with E-state index in [9.17, 15) is 13.2 Å². The maximum absolute atomic E-state index is 12.4. The second kappa shape index (κ2) is 3.03. The maximum atomic E-state index is 12.4. The van der Waals surface area contributed by atoms with Gasteiger partial charge in [-0.2, -0.15) is 13.2 Å². The number of fused-ring (bicyclic) bond motifs is 1. The lowest BCUT2D eigenvalue weighted by molar-refractivity contribution is -0.137. The molecule has 0 fully saturated rings. The number of halogens is 3. The van der Waals surface area contributed by atoms with Crippen LogP contribution in [0.2, 0.25) is 0 Å². The maximum Gasteiger partial charge on any atom is 0.416 e. The Hall–Kier alpha value is -1.43. The van der Waals surface area contributed by atoms with Gasteiger partial charge in [-0.25, -0.2) is 0 Å². The van der Waals surface area contributed by atoms with Crippen LogP contribution < -0.4 is 16.0 Å². The van der Waals surface area contributed by atoms with Crippen molar-refractivity contribution in [1.29, 1.82) is 0 Å². The minimum Gasteiger partial charge on any atom is -0.351 e. The number of hydrogen-bond acceptors (Lipinski definition) is 3. The topological polar surface area (TPSA) is 41.3 Å². The van der Waals surface area contributed by atoms with Gasteiger partial charge < -0.3 is 10.2 Å². The first-order valence-electron chi connectivity index (χ1n) is 4.36. The lowest BCUT2D eigenvalue weighted by Gasteiger charge is -2.17. The lowest BCUT2D eigenvalue weighted by atomic mass is 10.1. The van der Waals surface area contributed by atoms with Gasteiger partial charge in [-0.3, -0.25) is 5.73 Å². The monoisotopic (exact) mass is 217 g/mol. The van der Waals surface area contributed by atoms with Gasteiger partial charge in [0.05, 0.1) is 16.9 Å². The fourth-order valence-electron chi connectivity index (χ4n) is 1.53. The summed E-state index contributed by atoms with van der Waals surface area (Å²) in [4.78, 5) is 1.56. The zero-order valence-electron chi connectivity index (χ0n) is 7.97. The second-order valence-corrected chi connectivity index (χ2v) is 3.43. The van der Waals surface area contributed by atoms with E-state index in [1.54, 1.807) is 11.9 Å². The molecule has 1 aliphatic rings. The average Bonchev–Trinajstić information content (AvgIpc) is 2.41. The van der Waals surface area contributed by atoms with Crippen molar-refractivity contribution in [2.24, 2.45) is 5.73 Å². The predicted octanol–water partition coefficient (Wildman–Crippen LogP) is 1.81. The van der Waals surface area contributed by atoms with Gasteiger partial charge in [-0.1, -0.05) is 0 Å². The van der Waals surface area contributed by atoms with E-state index < -0.39 is 18.0 Å².